The molecule has 0 aliphatic heterocycles. The van der Waals surface area contributed by atoms with Crippen molar-refractivity contribution in [3.8, 4) is 0 Å². The summed E-state index contributed by atoms with van der Waals surface area (Å²) in [5, 5.41) is 0. The Morgan fingerprint density at radius 3 is 1.58 bits per heavy atom. The molecule has 0 fully saturated rings. The number of alkyl halides is 1. The quantitative estimate of drug-likeness (QED) is 0.525. The highest BCUT2D eigenvalue weighted by atomic mass is 79.9. The van der Waals surface area contributed by atoms with Gasteiger partial charge in [0.1, 0.15) is 0 Å². The average molecular weight is 379 g/mol. The Morgan fingerprint density at radius 2 is 1.12 bits per heavy atom. The van der Waals surface area contributed by atoms with E-state index in [9.17, 15) is 4.79 Å². The van der Waals surface area contributed by atoms with E-state index in [4.69, 9.17) is 0 Å². The molecule has 0 amide bonds. The maximum atomic E-state index is 13.2. The first-order valence-electron chi connectivity index (χ1n) is 8.07. The zero-order valence-electron chi connectivity index (χ0n) is 13.3. The molecule has 24 heavy (non-hydrogen) atoms. The van der Waals surface area contributed by atoms with Crippen LogP contribution in [0.5, 0.6) is 0 Å². The highest BCUT2D eigenvalue weighted by Crippen LogP contribution is 2.29. The highest BCUT2D eigenvalue weighted by molar-refractivity contribution is 9.10. The fraction of sp³-hybridized carbons (Fsp3) is 0.136. The van der Waals surface area contributed by atoms with Gasteiger partial charge in [-0.15, -0.1) is 0 Å². The van der Waals surface area contributed by atoms with Crippen molar-refractivity contribution in [3.63, 3.8) is 0 Å². The molecule has 0 bridgehead atoms. The zero-order chi connectivity index (χ0) is 16.8. The Hall–Kier alpha value is -2.19. The number of Topliss-reactive ketones (excluding diaryl/α,β-unsaturated/α-hetero) is 1. The third-order valence-electron chi connectivity index (χ3n) is 4.12. The first-order chi connectivity index (χ1) is 11.8. The fourth-order valence-corrected chi connectivity index (χ4v) is 3.55. The summed E-state index contributed by atoms with van der Waals surface area (Å²) in [5.74, 6) is -0.0586. The molecule has 3 rings (SSSR count). The van der Waals surface area contributed by atoms with E-state index in [0.717, 1.165) is 16.7 Å². The Bertz CT molecular complexity index is 729. The minimum atomic E-state index is -0.250. The lowest BCUT2D eigenvalue weighted by atomic mass is 9.85. The van der Waals surface area contributed by atoms with Crippen molar-refractivity contribution in [1.82, 2.24) is 0 Å². The lowest BCUT2D eigenvalue weighted by Gasteiger charge is -2.20. The van der Waals surface area contributed by atoms with E-state index in [-0.39, 0.29) is 16.5 Å². The van der Waals surface area contributed by atoms with Crippen LogP contribution in [0.15, 0.2) is 91.0 Å². The maximum absolute atomic E-state index is 13.2. The molecule has 120 valence electrons. The number of halogens is 1. The molecule has 0 aliphatic rings. The van der Waals surface area contributed by atoms with Gasteiger partial charge in [-0.2, -0.15) is 0 Å². The molecule has 3 aromatic rings. The molecule has 1 nitrogen and oxygen atoms in total. The summed E-state index contributed by atoms with van der Waals surface area (Å²) in [7, 11) is 0. The molecule has 1 unspecified atom stereocenters. The number of ketones is 1. The van der Waals surface area contributed by atoms with Crippen LogP contribution in [0.4, 0.5) is 0 Å². The Kier molecular flexibility index (Phi) is 5.60. The van der Waals surface area contributed by atoms with Crippen LogP contribution in [0.25, 0.3) is 0 Å². The topological polar surface area (TPSA) is 17.1 Å². The van der Waals surface area contributed by atoms with Crippen molar-refractivity contribution >= 4 is 21.7 Å². The Morgan fingerprint density at radius 1 is 0.708 bits per heavy atom. The van der Waals surface area contributed by atoms with Gasteiger partial charge >= 0.3 is 0 Å². The van der Waals surface area contributed by atoms with Crippen molar-refractivity contribution in [3.05, 3.63) is 108 Å². The average Bonchev–Trinajstić information content (AvgIpc) is 2.64. The molecule has 0 radical (unpaired) electrons. The van der Waals surface area contributed by atoms with Crippen LogP contribution >= 0.6 is 15.9 Å². The van der Waals surface area contributed by atoms with E-state index in [1.54, 1.807) is 0 Å². The second-order valence-corrected chi connectivity index (χ2v) is 6.92. The van der Waals surface area contributed by atoms with Crippen LogP contribution in [0.1, 0.15) is 22.6 Å². The standard InChI is InChI=1S/C22H19BrO/c23-20(16-17-10-4-1-5-11-17)22(24)21(18-12-6-2-7-13-18)19-14-8-3-9-15-19/h1-15,20-21H,16H2. The smallest absolute Gasteiger partial charge is 0.158 e. The van der Waals surface area contributed by atoms with Gasteiger partial charge in [-0.25, -0.2) is 0 Å². The third-order valence-corrected chi connectivity index (χ3v) is 4.89. The fourth-order valence-electron chi connectivity index (χ4n) is 2.91. The lowest BCUT2D eigenvalue weighted by Crippen LogP contribution is -2.25. The van der Waals surface area contributed by atoms with Crippen LogP contribution in [0.2, 0.25) is 0 Å². The molecule has 2 heteroatoms. The number of carbonyl (C=O) groups excluding carboxylic acids is 1. The van der Waals surface area contributed by atoms with E-state index in [2.05, 4.69) is 28.1 Å². The largest absolute Gasteiger partial charge is 0.297 e. The highest BCUT2D eigenvalue weighted by Gasteiger charge is 2.27. The van der Waals surface area contributed by atoms with E-state index in [1.807, 2.05) is 78.9 Å². The number of rotatable bonds is 6. The monoisotopic (exact) mass is 378 g/mol. The molecule has 0 aliphatic carbocycles. The van der Waals surface area contributed by atoms with E-state index in [0.29, 0.717) is 6.42 Å². The molecule has 0 N–H and O–H groups in total. The maximum Gasteiger partial charge on any atom is 0.158 e. The number of hydrogen-bond donors (Lipinski definition) is 0. The summed E-state index contributed by atoms with van der Waals surface area (Å²) in [4.78, 5) is 13.0. The minimum Gasteiger partial charge on any atom is -0.297 e. The van der Waals surface area contributed by atoms with Gasteiger partial charge in [0.25, 0.3) is 0 Å². The molecule has 3 aromatic carbocycles. The van der Waals surface area contributed by atoms with Crippen molar-refractivity contribution in [2.45, 2.75) is 17.2 Å². The van der Waals surface area contributed by atoms with Gasteiger partial charge < -0.3 is 0 Å². The summed E-state index contributed by atoms with van der Waals surface area (Å²) in [6, 6.07) is 30.1. The van der Waals surface area contributed by atoms with Crippen LogP contribution in [-0.4, -0.2) is 10.6 Å². The second-order valence-electron chi connectivity index (χ2n) is 5.81. The van der Waals surface area contributed by atoms with Crippen molar-refractivity contribution in [2.75, 3.05) is 0 Å². The van der Waals surface area contributed by atoms with Crippen LogP contribution in [0.3, 0.4) is 0 Å². The van der Waals surface area contributed by atoms with E-state index < -0.39 is 0 Å². The number of carbonyl (C=O) groups is 1. The van der Waals surface area contributed by atoms with Crippen LogP contribution in [0, 0.1) is 0 Å². The normalized spacial score (nSPS) is 12.1. The van der Waals surface area contributed by atoms with Crippen molar-refractivity contribution in [2.24, 2.45) is 0 Å². The van der Waals surface area contributed by atoms with Crippen molar-refractivity contribution in [1.29, 1.82) is 0 Å². The Balaban J connectivity index is 1.89. The van der Waals surface area contributed by atoms with Gasteiger partial charge in [-0.1, -0.05) is 107 Å². The van der Waals surface area contributed by atoms with Gasteiger partial charge in [0.2, 0.25) is 0 Å². The zero-order valence-corrected chi connectivity index (χ0v) is 14.9. The molecule has 1 atom stereocenters. The summed E-state index contributed by atoms with van der Waals surface area (Å²) in [5.41, 5.74) is 3.23. The van der Waals surface area contributed by atoms with Gasteiger partial charge in [0.05, 0.1) is 10.7 Å². The number of benzene rings is 3. The first kappa shape index (κ1) is 16.7. The summed E-state index contributed by atoms with van der Waals surface area (Å²) in [6.45, 7) is 0. The van der Waals surface area contributed by atoms with Crippen LogP contribution < -0.4 is 0 Å². The van der Waals surface area contributed by atoms with Crippen molar-refractivity contribution < 1.29 is 4.79 Å². The SMILES string of the molecule is O=C(C(Br)Cc1ccccc1)C(c1ccccc1)c1ccccc1. The number of hydrogen-bond acceptors (Lipinski definition) is 1. The minimum absolute atomic E-state index is 0.191. The molecular formula is C22H19BrO. The predicted molar refractivity (Wildman–Crippen MR) is 103 cm³/mol. The first-order valence-corrected chi connectivity index (χ1v) is 8.99. The van der Waals surface area contributed by atoms with Crippen LogP contribution in [-0.2, 0) is 11.2 Å². The molecular weight excluding hydrogens is 360 g/mol. The molecule has 0 aromatic heterocycles. The second kappa shape index (κ2) is 8.07. The van der Waals surface area contributed by atoms with Gasteiger partial charge in [-0.3, -0.25) is 4.79 Å². The van der Waals surface area contributed by atoms with E-state index >= 15 is 0 Å². The summed E-state index contributed by atoms with van der Waals surface area (Å²) < 4.78 is 0. The van der Waals surface area contributed by atoms with Gasteiger partial charge in [0, 0.05) is 0 Å². The summed E-state index contributed by atoms with van der Waals surface area (Å²) in [6.07, 6.45) is 0.690. The predicted octanol–water partition coefficient (Wildman–Crippen LogP) is 5.39. The Labute approximate surface area is 151 Å². The molecule has 0 saturated heterocycles. The molecule has 0 heterocycles. The van der Waals surface area contributed by atoms with Gasteiger partial charge in [-0.05, 0) is 23.1 Å². The molecule has 0 spiro atoms. The van der Waals surface area contributed by atoms with E-state index in [1.165, 1.54) is 0 Å². The van der Waals surface area contributed by atoms with Gasteiger partial charge in [0.15, 0.2) is 5.78 Å². The third kappa shape index (κ3) is 4.01. The summed E-state index contributed by atoms with van der Waals surface area (Å²) >= 11 is 3.63. The molecule has 0 saturated carbocycles. The lowest BCUT2D eigenvalue weighted by molar-refractivity contribution is -0.119.